The molecule has 2 aromatic rings. The number of nitrogens with two attached hydrogens (primary N) is 1. The van der Waals surface area contributed by atoms with Gasteiger partial charge in [0, 0.05) is 24.3 Å². The number of halogens is 1. The molecule has 0 spiro atoms. The Balaban J connectivity index is 2.03. The molecule has 33 heavy (non-hydrogen) atoms. The Morgan fingerprint density at radius 2 is 1.97 bits per heavy atom. The van der Waals surface area contributed by atoms with Crippen LogP contribution in [0.15, 0.2) is 42.5 Å². The van der Waals surface area contributed by atoms with E-state index in [9.17, 15) is 4.79 Å². The van der Waals surface area contributed by atoms with E-state index in [1.165, 1.54) is 6.07 Å². The molecule has 1 saturated heterocycles. The van der Waals surface area contributed by atoms with Gasteiger partial charge in [0.25, 0.3) is 0 Å². The average Bonchev–Trinajstić information content (AvgIpc) is 2.76. The van der Waals surface area contributed by atoms with Crippen molar-refractivity contribution in [2.24, 2.45) is 5.73 Å². The highest BCUT2D eigenvalue weighted by Crippen LogP contribution is 2.38. The summed E-state index contributed by atoms with van der Waals surface area (Å²) < 4.78 is 33.0. The number of amides is 1. The molecular formula is C26H35FN2O4. The van der Waals surface area contributed by atoms with E-state index >= 15 is 4.39 Å². The smallest absolute Gasteiger partial charge is 0.410 e. The van der Waals surface area contributed by atoms with E-state index in [0.717, 1.165) is 12.0 Å². The summed E-state index contributed by atoms with van der Waals surface area (Å²) in [7, 11) is 0. The second kappa shape index (κ2) is 10.2. The molecule has 2 aromatic carbocycles. The Kier molecular flexibility index (Phi) is 7.77. The number of rotatable bonds is 6. The van der Waals surface area contributed by atoms with Crippen molar-refractivity contribution < 1.29 is 23.4 Å². The lowest BCUT2D eigenvalue weighted by atomic mass is 9.88. The van der Waals surface area contributed by atoms with Crippen molar-refractivity contribution in [1.82, 2.24) is 4.90 Å². The summed E-state index contributed by atoms with van der Waals surface area (Å²) in [6.07, 6.45) is -0.432. The standard InChI is InChI=1S/C26H35FN2O4/c1-6-14-32-26(28,22-17-29(13-15-31-22)24(30)33-25(3,4)5)20-11-8-12-21(27)23(20)19-10-7-9-18(2)16-19/h7-12,16,22H,6,13-15,17,28H2,1-5H3. The lowest BCUT2D eigenvalue weighted by molar-refractivity contribution is -0.173. The van der Waals surface area contributed by atoms with Gasteiger partial charge in [-0.3, -0.25) is 5.73 Å². The van der Waals surface area contributed by atoms with E-state index in [1.54, 1.807) is 17.0 Å². The molecule has 2 N–H and O–H groups in total. The van der Waals surface area contributed by atoms with Crippen molar-refractivity contribution >= 4 is 6.09 Å². The van der Waals surface area contributed by atoms with Crippen LogP contribution in [0.2, 0.25) is 0 Å². The van der Waals surface area contributed by atoms with E-state index in [0.29, 0.717) is 29.8 Å². The van der Waals surface area contributed by atoms with Crippen molar-refractivity contribution in [3.63, 3.8) is 0 Å². The van der Waals surface area contributed by atoms with Crippen molar-refractivity contribution in [1.29, 1.82) is 0 Å². The number of carbonyl (C=O) groups is 1. The second-order valence-corrected chi connectivity index (χ2v) is 9.46. The lowest BCUT2D eigenvalue weighted by Gasteiger charge is -2.43. The second-order valence-electron chi connectivity index (χ2n) is 9.46. The summed E-state index contributed by atoms with van der Waals surface area (Å²) in [5.74, 6) is -0.396. The first kappa shape index (κ1) is 25.1. The Morgan fingerprint density at radius 1 is 1.24 bits per heavy atom. The number of morpholine rings is 1. The van der Waals surface area contributed by atoms with E-state index in [-0.39, 0.29) is 13.2 Å². The molecule has 6 nitrogen and oxygen atoms in total. The van der Waals surface area contributed by atoms with Crippen LogP contribution in [0.4, 0.5) is 9.18 Å². The molecule has 0 bridgehead atoms. The van der Waals surface area contributed by atoms with Crippen LogP contribution in [0.25, 0.3) is 11.1 Å². The molecule has 1 aliphatic rings. The molecule has 7 heteroatoms. The van der Waals surface area contributed by atoms with E-state index in [4.69, 9.17) is 19.9 Å². The number of nitrogens with zero attached hydrogens (tertiary/aromatic N) is 1. The van der Waals surface area contributed by atoms with Gasteiger partial charge in [-0.05, 0) is 45.7 Å². The summed E-state index contributed by atoms with van der Waals surface area (Å²) in [5.41, 5.74) is 7.39. The number of hydrogen-bond donors (Lipinski definition) is 1. The average molecular weight is 459 g/mol. The van der Waals surface area contributed by atoms with Gasteiger partial charge in [0.15, 0.2) is 5.72 Å². The predicted octanol–water partition coefficient (Wildman–Crippen LogP) is 4.98. The highest BCUT2D eigenvalue weighted by Gasteiger charge is 2.45. The molecule has 2 unspecified atom stereocenters. The van der Waals surface area contributed by atoms with Gasteiger partial charge < -0.3 is 19.1 Å². The number of hydrogen-bond acceptors (Lipinski definition) is 5. The minimum absolute atomic E-state index is 0.166. The van der Waals surface area contributed by atoms with Crippen LogP contribution >= 0.6 is 0 Å². The van der Waals surface area contributed by atoms with Crippen LogP contribution in [-0.4, -0.2) is 49.0 Å². The fourth-order valence-corrected chi connectivity index (χ4v) is 3.96. The summed E-state index contributed by atoms with van der Waals surface area (Å²) in [6, 6.07) is 12.4. The molecule has 1 aliphatic heterocycles. The Morgan fingerprint density at radius 3 is 2.64 bits per heavy atom. The van der Waals surface area contributed by atoms with Crippen LogP contribution in [0, 0.1) is 12.7 Å². The molecule has 0 radical (unpaired) electrons. The van der Waals surface area contributed by atoms with E-state index in [2.05, 4.69) is 0 Å². The van der Waals surface area contributed by atoms with Gasteiger partial charge in [-0.25, -0.2) is 9.18 Å². The first-order valence-electron chi connectivity index (χ1n) is 11.4. The molecule has 180 valence electrons. The lowest BCUT2D eigenvalue weighted by Crippen LogP contribution is -2.60. The minimum Gasteiger partial charge on any atom is -0.444 e. The summed E-state index contributed by atoms with van der Waals surface area (Å²) in [6.45, 7) is 10.6. The fourth-order valence-electron chi connectivity index (χ4n) is 3.96. The number of benzene rings is 2. The molecule has 0 saturated carbocycles. The fraction of sp³-hybridized carbons (Fsp3) is 0.500. The zero-order valence-electron chi connectivity index (χ0n) is 20.2. The maximum absolute atomic E-state index is 15.2. The van der Waals surface area contributed by atoms with Gasteiger partial charge in [-0.2, -0.15) is 0 Å². The molecule has 1 fully saturated rings. The summed E-state index contributed by atoms with van der Waals surface area (Å²) >= 11 is 0. The van der Waals surface area contributed by atoms with Crippen molar-refractivity contribution in [2.75, 3.05) is 26.3 Å². The maximum atomic E-state index is 15.2. The third-order valence-electron chi connectivity index (χ3n) is 5.48. The zero-order valence-corrected chi connectivity index (χ0v) is 20.2. The van der Waals surface area contributed by atoms with Gasteiger partial charge in [0.1, 0.15) is 17.5 Å². The molecule has 1 heterocycles. The predicted molar refractivity (Wildman–Crippen MR) is 126 cm³/mol. The summed E-state index contributed by atoms with van der Waals surface area (Å²) in [5, 5.41) is 0. The SMILES string of the molecule is CCCOC(N)(c1cccc(F)c1-c1cccc(C)c1)C1CN(C(=O)OC(C)(C)C)CCO1. The number of carbonyl (C=O) groups excluding carboxylic acids is 1. The largest absolute Gasteiger partial charge is 0.444 e. The number of aryl methyl sites for hydroxylation is 1. The van der Waals surface area contributed by atoms with Gasteiger partial charge in [0.2, 0.25) is 0 Å². The molecule has 2 atom stereocenters. The van der Waals surface area contributed by atoms with E-state index < -0.39 is 29.3 Å². The van der Waals surface area contributed by atoms with E-state index in [1.807, 2.05) is 58.9 Å². The zero-order chi connectivity index (χ0) is 24.2. The quantitative estimate of drug-likeness (QED) is 0.619. The van der Waals surface area contributed by atoms with Gasteiger partial charge in [0.05, 0.1) is 13.2 Å². The molecular weight excluding hydrogens is 423 g/mol. The van der Waals surface area contributed by atoms with Crippen molar-refractivity contribution in [3.05, 3.63) is 59.4 Å². The Bertz CT molecular complexity index is 975. The molecule has 0 aliphatic carbocycles. The topological polar surface area (TPSA) is 74.0 Å². The van der Waals surface area contributed by atoms with Gasteiger partial charge in [-0.15, -0.1) is 0 Å². The van der Waals surface area contributed by atoms with Crippen molar-refractivity contribution in [2.45, 2.75) is 58.5 Å². The van der Waals surface area contributed by atoms with Gasteiger partial charge in [-0.1, -0.05) is 48.9 Å². The monoisotopic (exact) mass is 458 g/mol. The first-order valence-corrected chi connectivity index (χ1v) is 11.4. The molecule has 1 amide bonds. The molecule has 3 rings (SSSR count). The Labute approximate surface area is 195 Å². The van der Waals surface area contributed by atoms with Crippen LogP contribution in [0.3, 0.4) is 0 Å². The highest BCUT2D eigenvalue weighted by atomic mass is 19.1. The summed E-state index contributed by atoms with van der Waals surface area (Å²) in [4.78, 5) is 14.3. The van der Waals surface area contributed by atoms with Crippen LogP contribution in [-0.2, 0) is 19.9 Å². The Hall–Kier alpha value is -2.48. The van der Waals surface area contributed by atoms with Crippen molar-refractivity contribution in [3.8, 4) is 11.1 Å². The normalized spacial score (nSPS) is 18.6. The van der Waals surface area contributed by atoms with Crippen LogP contribution in [0.5, 0.6) is 0 Å². The minimum atomic E-state index is -1.47. The van der Waals surface area contributed by atoms with Crippen LogP contribution < -0.4 is 5.73 Å². The number of ether oxygens (including phenoxy) is 3. The van der Waals surface area contributed by atoms with Gasteiger partial charge >= 0.3 is 6.09 Å². The van der Waals surface area contributed by atoms with Crippen LogP contribution in [0.1, 0.15) is 45.2 Å². The first-order chi connectivity index (χ1) is 15.5. The maximum Gasteiger partial charge on any atom is 0.410 e. The molecule has 0 aromatic heterocycles. The third-order valence-corrected chi connectivity index (χ3v) is 5.48. The highest BCUT2D eigenvalue weighted by molar-refractivity contribution is 5.70. The third kappa shape index (κ3) is 5.91.